The van der Waals surface area contributed by atoms with E-state index in [2.05, 4.69) is 6.08 Å². The number of benzene rings is 2. The number of aromatic nitrogens is 1. The molecule has 1 amide bonds. The van der Waals surface area contributed by atoms with Gasteiger partial charge in [-0.2, -0.15) is 0 Å². The van der Waals surface area contributed by atoms with Crippen LogP contribution in [0.25, 0.3) is 17.0 Å². The molecule has 2 bridgehead atoms. The second kappa shape index (κ2) is 7.67. The van der Waals surface area contributed by atoms with Crippen LogP contribution in [0.5, 0.6) is 0 Å². The molecule has 1 fully saturated rings. The number of carbonyl (C=O) groups excluding carboxylic acids is 1. The summed E-state index contributed by atoms with van der Waals surface area (Å²) < 4.78 is 34.1. The van der Waals surface area contributed by atoms with Crippen molar-refractivity contribution in [3.63, 3.8) is 0 Å². The molecule has 2 aliphatic rings. The summed E-state index contributed by atoms with van der Waals surface area (Å²) >= 11 is 0. The van der Waals surface area contributed by atoms with Crippen molar-refractivity contribution in [1.29, 1.82) is 0 Å². The normalized spacial score (nSPS) is 21.4. The first kappa shape index (κ1) is 20.6. The van der Waals surface area contributed by atoms with Crippen molar-refractivity contribution in [2.75, 3.05) is 13.7 Å². The number of hydrogen-bond donors (Lipinski definition) is 0. The third-order valence-electron chi connectivity index (χ3n) is 6.47. The van der Waals surface area contributed by atoms with E-state index in [9.17, 15) is 13.2 Å². The van der Waals surface area contributed by atoms with Gasteiger partial charge in [0.1, 0.15) is 0 Å². The first-order valence-electron chi connectivity index (χ1n) is 10.6. The Morgan fingerprint density at radius 1 is 1.09 bits per heavy atom. The summed E-state index contributed by atoms with van der Waals surface area (Å²) in [5.74, 6) is 0.130. The molecule has 6 nitrogen and oxygen atoms in total. The summed E-state index contributed by atoms with van der Waals surface area (Å²) in [6, 6.07) is 15.6. The largest absolute Gasteiger partial charge is 0.453 e. The highest BCUT2D eigenvalue weighted by atomic mass is 32.2. The lowest BCUT2D eigenvalue weighted by Gasteiger charge is -2.38. The molecule has 0 radical (unpaired) electrons. The van der Waals surface area contributed by atoms with Gasteiger partial charge in [-0.15, -0.1) is 0 Å². The minimum atomic E-state index is -3.85. The van der Waals surface area contributed by atoms with Crippen LogP contribution >= 0.6 is 0 Å². The SMILES string of the molecule is C/C=C1/CN(C(=O)OC)[C@H]2C[C@@H]1C=Cc1c2c2ccccc2n1S(=O)(=O)c1ccccc1. The second-order valence-electron chi connectivity index (χ2n) is 8.08. The average molecular weight is 449 g/mol. The Kier molecular flexibility index (Phi) is 4.93. The predicted molar refractivity (Wildman–Crippen MR) is 124 cm³/mol. The van der Waals surface area contributed by atoms with Crippen LogP contribution in [0.1, 0.15) is 30.6 Å². The number of likely N-dealkylation sites (tertiary alicyclic amines) is 1. The highest BCUT2D eigenvalue weighted by Gasteiger charge is 2.40. The molecule has 0 unspecified atom stereocenters. The minimum absolute atomic E-state index is 0.130. The smallest absolute Gasteiger partial charge is 0.410 e. The van der Waals surface area contributed by atoms with Gasteiger partial charge in [-0.1, -0.05) is 48.6 Å². The molecule has 0 spiro atoms. The van der Waals surface area contributed by atoms with Crippen LogP contribution < -0.4 is 0 Å². The molecule has 1 aliphatic heterocycles. The topological polar surface area (TPSA) is 68.6 Å². The van der Waals surface area contributed by atoms with Crippen LogP contribution in [-0.4, -0.2) is 37.0 Å². The average Bonchev–Trinajstić information content (AvgIpc) is 3.08. The van der Waals surface area contributed by atoms with Gasteiger partial charge in [0.2, 0.25) is 0 Å². The molecule has 7 heteroatoms. The standard InChI is InChI=1S/C25H24N2O4S/c1-3-17-16-26(25(28)31-2)23-15-18(17)13-14-22-24(23)20-11-7-8-12-21(20)27(22)32(29,30)19-9-5-4-6-10-19/h3-14,18,23H,15-16H2,1-2H3/b17-3-/t18-,23-/m0/s1. The zero-order chi connectivity index (χ0) is 22.5. The van der Waals surface area contributed by atoms with Crippen LogP contribution in [0.15, 0.2) is 77.2 Å². The van der Waals surface area contributed by atoms with Gasteiger partial charge >= 0.3 is 6.09 Å². The predicted octanol–water partition coefficient (Wildman–Crippen LogP) is 4.98. The molecule has 3 aromatic rings. The van der Waals surface area contributed by atoms with E-state index in [-0.39, 0.29) is 16.9 Å². The number of piperidine rings is 1. The summed E-state index contributed by atoms with van der Waals surface area (Å²) in [5, 5.41) is 0.829. The zero-order valence-corrected chi connectivity index (χ0v) is 18.7. The maximum Gasteiger partial charge on any atom is 0.410 e. The van der Waals surface area contributed by atoms with Gasteiger partial charge in [0.15, 0.2) is 0 Å². The number of hydrogen-bond acceptors (Lipinski definition) is 4. The molecule has 2 atom stereocenters. The number of allylic oxidation sites excluding steroid dienone is 2. The van der Waals surface area contributed by atoms with E-state index >= 15 is 0 Å². The summed E-state index contributed by atoms with van der Waals surface area (Å²) in [6.45, 7) is 2.42. The fourth-order valence-electron chi connectivity index (χ4n) is 4.96. The maximum atomic E-state index is 13.8. The Labute approximate surface area is 187 Å². The zero-order valence-electron chi connectivity index (χ0n) is 17.9. The third-order valence-corrected chi connectivity index (χ3v) is 8.21. The lowest BCUT2D eigenvalue weighted by molar-refractivity contribution is 0.0957. The molecule has 1 aliphatic carbocycles. The van der Waals surface area contributed by atoms with E-state index in [0.29, 0.717) is 24.2 Å². The molecule has 0 N–H and O–H groups in total. The molecular weight excluding hydrogens is 424 g/mol. The number of fused-ring (bicyclic) bond motifs is 6. The molecule has 1 aromatic heterocycles. The summed E-state index contributed by atoms with van der Waals surface area (Å²) in [7, 11) is -2.48. The second-order valence-corrected chi connectivity index (χ2v) is 9.86. The van der Waals surface area contributed by atoms with Crippen LogP contribution in [-0.2, 0) is 14.8 Å². The first-order valence-corrected chi connectivity index (χ1v) is 12.0. The van der Waals surface area contributed by atoms with Crippen LogP contribution in [0.3, 0.4) is 0 Å². The van der Waals surface area contributed by atoms with Crippen molar-refractivity contribution in [3.8, 4) is 0 Å². The number of nitrogens with zero attached hydrogens (tertiary/aromatic N) is 2. The van der Waals surface area contributed by atoms with Crippen molar-refractivity contribution < 1.29 is 17.9 Å². The van der Waals surface area contributed by atoms with Gasteiger partial charge < -0.3 is 4.74 Å². The fraction of sp³-hybridized carbons (Fsp3) is 0.240. The monoisotopic (exact) mass is 448 g/mol. The van der Waals surface area contributed by atoms with E-state index < -0.39 is 16.1 Å². The molecular formula is C25H24N2O4S. The van der Waals surface area contributed by atoms with Crippen LogP contribution in [0.4, 0.5) is 4.79 Å². The molecule has 2 aromatic carbocycles. The van der Waals surface area contributed by atoms with Gasteiger partial charge in [-0.25, -0.2) is 17.2 Å². The highest BCUT2D eigenvalue weighted by molar-refractivity contribution is 7.90. The minimum Gasteiger partial charge on any atom is -0.453 e. The lowest BCUT2D eigenvalue weighted by atomic mass is 9.84. The van der Waals surface area contributed by atoms with E-state index in [1.807, 2.05) is 43.3 Å². The Morgan fingerprint density at radius 2 is 1.81 bits per heavy atom. The number of ether oxygens (including phenoxy) is 1. The van der Waals surface area contributed by atoms with Gasteiger partial charge in [0.05, 0.1) is 29.3 Å². The summed E-state index contributed by atoms with van der Waals surface area (Å²) in [5.41, 5.74) is 3.16. The van der Waals surface area contributed by atoms with Gasteiger partial charge in [-0.05, 0) is 43.2 Å². The fourth-order valence-corrected chi connectivity index (χ4v) is 6.51. The quantitative estimate of drug-likeness (QED) is 0.519. The summed E-state index contributed by atoms with van der Waals surface area (Å²) in [4.78, 5) is 14.7. The van der Waals surface area contributed by atoms with Crippen molar-refractivity contribution in [2.24, 2.45) is 5.92 Å². The highest BCUT2D eigenvalue weighted by Crippen LogP contribution is 2.46. The Bertz CT molecular complexity index is 1370. The third kappa shape index (κ3) is 2.99. The van der Waals surface area contributed by atoms with Gasteiger partial charge in [-0.3, -0.25) is 4.90 Å². The van der Waals surface area contributed by atoms with E-state index in [1.165, 1.54) is 11.1 Å². The van der Waals surface area contributed by atoms with Crippen LogP contribution in [0, 0.1) is 5.92 Å². The molecule has 32 heavy (non-hydrogen) atoms. The van der Waals surface area contributed by atoms with Crippen molar-refractivity contribution in [1.82, 2.24) is 8.87 Å². The van der Waals surface area contributed by atoms with Gasteiger partial charge in [0, 0.05) is 23.4 Å². The Balaban J connectivity index is 1.83. The number of methoxy groups -OCH3 is 1. The molecule has 1 saturated heterocycles. The Hall–Kier alpha value is -3.32. The summed E-state index contributed by atoms with van der Waals surface area (Å²) in [6.07, 6.45) is 6.27. The Morgan fingerprint density at radius 3 is 2.53 bits per heavy atom. The molecule has 164 valence electrons. The lowest BCUT2D eigenvalue weighted by Crippen LogP contribution is -2.41. The van der Waals surface area contributed by atoms with Crippen LogP contribution in [0.2, 0.25) is 0 Å². The van der Waals surface area contributed by atoms with Gasteiger partial charge in [0.25, 0.3) is 10.0 Å². The van der Waals surface area contributed by atoms with Crippen molar-refractivity contribution in [3.05, 3.63) is 83.6 Å². The number of amides is 1. The number of carbonyl (C=O) groups is 1. The number of para-hydroxylation sites is 1. The van der Waals surface area contributed by atoms with Crippen molar-refractivity contribution in [2.45, 2.75) is 24.3 Å². The van der Waals surface area contributed by atoms with Crippen molar-refractivity contribution >= 4 is 33.1 Å². The first-order chi connectivity index (χ1) is 15.5. The van der Waals surface area contributed by atoms with E-state index in [4.69, 9.17) is 4.74 Å². The molecule has 2 heterocycles. The maximum absolute atomic E-state index is 13.8. The molecule has 5 rings (SSSR count). The van der Waals surface area contributed by atoms with E-state index in [0.717, 1.165) is 16.5 Å². The number of rotatable bonds is 2. The van der Waals surface area contributed by atoms with E-state index in [1.54, 1.807) is 35.2 Å². The molecule has 0 saturated carbocycles.